The van der Waals surface area contributed by atoms with E-state index in [4.69, 9.17) is 0 Å². The molecule has 1 fully saturated rings. The highest BCUT2D eigenvalue weighted by Crippen LogP contribution is 2.33. The van der Waals surface area contributed by atoms with E-state index in [1.165, 1.54) is 70.6 Å². The van der Waals surface area contributed by atoms with Crippen molar-refractivity contribution in [1.82, 2.24) is 5.32 Å². The van der Waals surface area contributed by atoms with E-state index < -0.39 is 0 Å². The minimum Gasteiger partial charge on any atom is -0.307 e. The first-order valence-corrected chi connectivity index (χ1v) is 9.52. The minimum absolute atomic E-state index is 0.551. The molecular weight excluding hydrogens is 262 g/mol. The van der Waals surface area contributed by atoms with Crippen LogP contribution in [0.15, 0.2) is 6.07 Å². The molecule has 1 aromatic heterocycles. The summed E-state index contributed by atoms with van der Waals surface area (Å²) in [5.74, 6) is 0. The number of nitrogens with one attached hydrogen (secondary N) is 1. The fraction of sp³-hybridized carbons (Fsp3) is 0.778. The summed E-state index contributed by atoms with van der Waals surface area (Å²) in [6, 6.07) is 3.80. The van der Waals surface area contributed by atoms with Crippen molar-refractivity contribution in [3.8, 4) is 0 Å². The summed E-state index contributed by atoms with van der Waals surface area (Å²) in [7, 11) is 0. The highest BCUT2D eigenvalue weighted by atomic mass is 32.1. The van der Waals surface area contributed by atoms with Crippen molar-refractivity contribution >= 4 is 11.3 Å². The SMILES string of the molecule is CC(NC1CCCCCCC1)c1cc2c(s1)CCCC2. The molecule has 1 heterocycles. The summed E-state index contributed by atoms with van der Waals surface area (Å²) < 4.78 is 0. The molecule has 0 amide bonds. The molecule has 0 aromatic carbocycles. The Morgan fingerprint density at radius 2 is 1.70 bits per heavy atom. The van der Waals surface area contributed by atoms with Crippen LogP contribution in [0.1, 0.15) is 86.1 Å². The van der Waals surface area contributed by atoms with Crippen LogP contribution < -0.4 is 5.32 Å². The van der Waals surface area contributed by atoms with Crippen LogP contribution in [0.5, 0.6) is 0 Å². The van der Waals surface area contributed by atoms with Crippen molar-refractivity contribution in [3.05, 3.63) is 21.4 Å². The van der Waals surface area contributed by atoms with Crippen LogP contribution in [-0.4, -0.2) is 6.04 Å². The van der Waals surface area contributed by atoms with Crippen molar-refractivity contribution in [3.63, 3.8) is 0 Å². The van der Waals surface area contributed by atoms with E-state index in [1.807, 2.05) is 0 Å². The molecule has 1 nitrogen and oxygen atoms in total. The minimum atomic E-state index is 0.551. The van der Waals surface area contributed by atoms with Gasteiger partial charge >= 0.3 is 0 Å². The predicted octanol–water partition coefficient (Wildman–Crippen LogP) is 5.39. The van der Waals surface area contributed by atoms with Gasteiger partial charge in [0.05, 0.1) is 0 Å². The molecule has 1 N–H and O–H groups in total. The van der Waals surface area contributed by atoms with Crippen LogP contribution in [0.4, 0.5) is 0 Å². The summed E-state index contributed by atoms with van der Waals surface area (Å²) in [5.41, 5.74) is 1.66. The zero-order valence-electron chi connectivity index (χ0n) is 12.9. The third-order valence-electron chi connectivity index (χ3n) is 5.03. The molecule has 1 atom stereocenters. The van der Waals surface area contributed by atoms with Crippen molar-refractivity contribution < 1.29 is 0 Å². The smallest absolute Gasteiger partial charge is 0.0388 e. The number of hydrogen-bond donors (Lipinski definition) is 1. The Hall–Kier alpha value is -0.340. The van der Waals surface area contributed by atoms with E-state index >= 15 is 0 Å². The van der Waals surface area contributed by atoms with Gasteiger partial charge in [0.25, 0.3) is 0 Å². The Morgan fingerprint density at radius 3 is 2.45 bits per heavy atom. The molecule has 0 saturated heterocycles. The lowest BCUT2D eigenvalue weighted by molar-refractivity contribution is 0.364. The molecule has 1 unspecified atom stereocenters. The van der Waals surface area contributed by atoms with Gasteiger partial charge in [-0.05, 0) is 57.1 Å². The molecule has 3 rings (SSSR count). The first kappa shape index (κ1) is 14.6. The Morgan fingerprint density at radius 1 is 1.00 bits per heavy atom. The quantitative estimate of drug-likeness (QED) is 0.787. The standard InChI is InChI=1S/C18H29NS/c1-14(19-16-10-5-3-2-4-6-11-16)18-13-15-9-7-8-12-17(15)20-18/h13-14,16,19H,2-12H2,1H3. The van der Waals surface area contributed by atoms with Crippen LogP contribution in [0.25, 0.3) is 0 Å². The zero-order valence-corrected chi connectivity index (χ0v) is 13.7. The zero-order chi connectivity index (χ0) is 13.8. The van der Waals surface area contributed by atoms with Crippen LogP contribution in [0.3, 0.4) is 0 Å². The average Bonchev–Trinajstić information content (AvgIpc) is 2.85. The number of hydrogen-bond acceptors (Lipinski definition) is 2. The second-order valence-electron chi connectivity index (χ2n) is 6.73. The van der Waals surface area contributed by atoms with Gasteiger partial charge in [-0.25, -0.2) is 0 Å². The van der Waals surface area contributed by atoms with Gasteiger partial charge in [0.1, 0.15) is 0 Å². The van der Waals surface area contributed by atoms with E-state index in [1.54, 1.807) is 15.3 Å². The van der Waals surface area contributed by atoms with Gasteiger partial charge < -0.3 is 5.32 Å². The van der Waals surface area contributed by atoms with Gasteiger partial charge in [-0.1, -0.05) is 32.1 Å². The summed E-state index contributed by atoms with van der Waals surface area (Å²) in [6.07, 6.45) is 15.4. The van der Waals surface area contributed by atoms with Crippen molar-refractivity contribution in [2.24, 2.45) is 0 Å². The molecule has 2 heteroatoms. The number of fused-ring (bicyclic) bond motifs is 1. The molecule has 112 valence electrons. The molecule has 2 aliphatic rings. The maximum absolute atomic E-state index is 3.92. The van der Waals surface area contributed by atoms with Crippen molar-refractivity contribution in [2.75, 3.05) is 0 Å². The molecule has 0 radical (unpaired) electrons. The van der Waals surface area contributed by atoms with Gasteiger partial charge in [0.15, 0.2) is 0 Å². The Bertz CT molecular complexity index is 392. The summed E-state index contributed by atoms with van der Waals surface area (Å²) in [5, 5.41) is 3.92. The van der Waals surface area contributed by atoms with Gasteiger partial charge in [-0.2, -0.15) is 0 Å². The number of thiophene rings is 1. The van der Waals surface area contributed by atoms with E-state index in [-0.39, 0.29) is 0 Å². The highest BCUT2D eigenvalue weighted by molar-refractivity contribution is 7.12. The first-order chi connectivity index (χ1) is 9.83. The normalized spacial score (nSPS) is 22.9. The lowest BCUT2D eigenvalue weighted by Crippen LogP contribution is -2.31. The third kappa shape index (κ3) is 3.65. The molecule has 0 bridgehead atoms. The van der Waals surface area contributed by atoms with Gasteiger partial charge in [-0.3, -0.25) is 0 Å². The lowest BCUT2D eigenvalue weighted by atomic mass is 9.96. The summed E-state index contributed by atoms with van der Waals surface area (Å²) in [6.45, 7) is 2.37. The van der Waals surface area contributed by atoms with E-state index in [0.717, 1.165) is 6.04 Å². The molecular formula is C18H29NS. The van der Waals surface area contributed by atoms with Crippen molar-refractivity contribution in [2.45, 2.75) is 89.6 Å². The highest BCUT2D eigenvalue weighted by Gasteiger charge is 2.19. The second kappa shape index (κ2) is 7.09. The monoisotopic (exact) mass is 291 g/mol. The maximum atomic E-state index is 3.92. The summed E-state index contributed by atoms with van der Waals surface area (Å²) >= 11 is 2.08. The molecule has 20 heavy (non-hydrogen) atoms. The van der Waals surface area contributed by atoms with Gasteiger partial charge in [0.2, 0.25) is 0 Å². The van der Waals surface area contributed by atoms with E-state index in [2.05, 4.69) is 29.6 Å². The Labute approximate surface area is 128 Å². The number of aryl methyl sites for hydroxylation is 2. The first-order valence-electron chi connectivity index (χ1n) is 8.70. The number of rotatable bonds is 3. The Balaban J connectivity index is 1.59. The topological polar surface area (TPSA) is 12.0 Å². The van der Waals surface area contributed by atoms with Crippen molar-refractivity contribution in [1.29, 1.82) is 0 Å². The van der Waals surface area contributed by atoms with Gasteiger partial charge in [0, 0.05) is 21.8 Å². The Kier molecular flexibility index (Phi) is 5.17. The molecule has 0 spiro atoms. The van der Waals surface area contributed by atoms with Crippen LogP contribution in [-0.2, 0) is 12.8 Å². The summed E-state index contributed by atoms with van der Waals surface area (Å²) in [4.78, 5) is 3.26. The van der Waals surface area contributed by atoms with E-state index in [9.17, 15) is 0 Å². The molecule has 0 aliphatic heterocycles. The molecule has 2 aliphatic carbocycles. The second-order valence-corrected chi connectivity index (χ2v) is 7.90. The van der Waals surface area contributed by atoms with Gasteiger partial charge in [-0.15, -0.1) is 11.3 Å². The van der Waals surface area contributed by atoms with Crippen LogP contribution in [0, 0.1) is 0 Å². The molecule has 1 saturated carbocycles. The molecule has 1 aromatic rings. The lowest BCUT2D eigenvalue weighted by Gasteiger charge is -2.24. The third-order valence-corrected chi connectivity index (χ3v) is 6.45. The maximum Gasteiger partial charge on any atom is 0.0388 e. The predicted molar refractivity (Wildman–Crippen MR) is 88.6 cm³/mol. The van der Waals surface area contributed by atoms with E-state index in [0.29, 0.717) is 6.04 Å². The fourth-order valence-corrected chi connectivity index (χ4v) is 5.05. The fourth-order valence-electron chi connectivity index (χ4n) is 3.79. The average molecular weight is 292 g/mol. The van der Waals surface area contributed by atoms with Crippen LogP contribution >= 0.6 is 11.3 Å². The van der Waals surface area contributed by atoms with Crippen LogP contribution in [0.2, 0.25) is 0 Å². The largest absolute Gasteiger partial charge is 0.307 e.